The molecule has 0 radical (unpaired) electrons. The molecular weight excluding hydrogens is 322 g/mol. The van der Waals surface area contributed by atoms with Crippen molar-refractivity contribution in [1.29, 1.82) is 0 Å². The summed E-state index contributed by atoms with van der Waals surface area (Å²) in [5, 5.41) is 13.4. The summed E-state index contributed by atoms with van der Waals surface area (Å²) in [7, 11) is 3.08. The molecule has 1 aliphatic rings. The van der Waals surface area contributed by atoms with Gasteiger partial charge in [-0.3, -0.25) is 4.79 Å². The van der Waals surface area contributed by atoms with E-state index in [1.807, 2.05) is 0 Å². The monoisotopic (exact) mass is 343 g/mol. The lowest BCUT2D eigenvalue weighted by Crippen LogP contribution is -2.46. The van der Waals surface area contributed by atoms with Crippen molar-refractivity contribution in [3.8, 4) is 11.5 Å². The van der Waals surface area contributed by atoms with Crippen LogP contribution < -0.4 is 14.8 Å². The Morgan fingerprint density at radius 3 is 2.23 bits per heavy atom. The zero-order chi connectivity index (χ0) is 16.0. The first-order chi connectivity index (χ1) is 10.6. The number of amides is 1. The number of benzene rings is 1. The Hall–Kier alpha value is -1.05. The molecule has 1 heterocycles. The van der Waals surface area contributed by atoms with Gasteiger partial charge >= 0.3 is 0 Å². The molecule has 1 aromatic carbocycles. The maximum atomic E-state index is 12.3. The highest BCUT2D eigenvalue weighted by Gasteiger charge is 2.29. The van der Waals surface area contributed by atoms with Gasteiger partial charge < -0.3 is 19.9 Å². The molecule has 0 atom stereocenters. The van der Waals surface area contributed by atoms with Crippen molar-refractivity contribution in [3.63, 3.8) is 0 Å². The van der Waals surface area contributed by atoms with Crippen molar-refractivity contribution < 1.29 is 19.4 Å². The van der Waals surface area contributed by atoms with E-state index < -0.39 is 5.60 Å². The summed E-state index contributed by atoms with van der Waals surface area (Å²) >= 11 is 3.44. The van der Waals surface area contributed by atoms with Crippen LogP contribution in [0.15, 0.2) is 18.2 Å². The number of aliphatic hydroxyl groups is 1. The molecule has 0 aromatic heterocycles. The summed E-state index contributed by atoms with van der Waals surface area (Å²) in [6, 6.07) is 5.01. The number of thioether (sulfide) groups is 2. The van der Waals surface area contributed by atoms with Crippen LogP contribution in [0.2, 0.25) is 0 Å². The summed E-state index contributed by atoms with van der Waals surface area (Å²) in [5.74, 6) is 4.23. The average Bonchev–Trinajstić information content (AvgIpc) is 2.77. The molecule has 0 aliphatic carbocycles. The molecule has 122 valence electrons. The molecule has 0 spiro atoms. The maximum Gasteiger partial charge on any atom is 0.251 e. The van der Waals surface area contributed by atoms with E-state index in [1.165, 1.54) is 0 Å². The molecule has 2 rings (SSSR count). The summed E-state index contributed by atoms with van der Waals surface area (Å²) in [6.07, 6.45) is 0. The number of nitrogens with one attached hydrogen (secondary N) is 1. The quantitative estimate of drug-likeness (QED) is 0.847. The van der Waals surface area contributed by atoms with Gasteiger partial charge in [0.05, 0.1) is 19.8 Å². The number of carbonyl (C=O) groups excluding carboxylic acids is 1. The summed E-state index contributed by atoms with van der Waals surface area (Å²) in [5.41, 5.74) is -0.404. The van der Waals surface area contributed by atoms with Crippen LogP contribution in [-0.2, 0) is 0 Å². The van der Waals surface area contributed by atoms with Gasteiger partial charge in [-0.25, -0.2) is 0 Å². The van der Waals surface area contributed by atoms with Crippen LogP contribution >= 0.6 is 23.5 Å². The largest absolute Gasteiger partial charge is 0.497 e. The van der Waals surface area contributed by atoms with Crippen LogP contribution in [-0.4, -0.2) is 60.4 Å². The van der Waals surface area contributed by atoms with E-state index in [2.05, 4.69) is 5.32 Å². The van der Waals surface area contributed by atoms with E-state index in [0.29, 0.717) is 28.6 Å². The number of methoxy groups -OCH3 is 2. The molecule has 1 aliphatic heterocycles. The highest BCUT2D eigenvalue weighted by Crippen LogP contribution is 2.25. The van der Waals surface area contributed by atoms with Gasteiger partial charge in [-0.2, -0.15) is 23.5 Å². The summed E-state index contributed by atoms with van der Waals surface area (Å²) < 4.78 is 10.3. The van der Waals surface area contributed by atoms with Gasteiger partial charge in [-0.15, -0.1) is 0 Å². The lowest BCUT2D eigenvalue weighted by Gasteiger charge is -2.25. The number of carbonyl (C=O) groups is 1. The van der Waals surface area contributed by atoms with E-state index in [0.717, 1.165) is 11.5 Å². The first kappa shape index (κ1) is 17.3. The Morgan fingerprint density at radius 2 is 1.73 bits per heavy atom. The summed E-state index contributed by atoms with van der Waals surface area (Å²) in [4.78, 5) is 12.3. The predicted octanol–water partition coefficient (Wildman–Crippen LogP) is 1.64. The molecule has 22 heavy (non-hydrogen) atoms. The van der Waals surface area contributed by atoms with Gasteiger partial charge in [0.1, 0.15) is 11.5 Å². The van der Waals surface area contributed by atoms with Crippen LogP contribution in [0, 0.1) is 0 Å². The standard InChI is InChI=1S/C15H21NO4S2/c1-19-12-5-11(6-13(7-12)20-2)14(17)16-8-15(18)9-21-3-4-22-10-15/h5-7,18H,3-4,8-10H2,1-2H3,(H,16,17). The molecule has 0 saturated carbocycles. The second kappa shape index (κ2) is 7.99. The molecule has 1 aromatic rings. The van der Waals surface area contributed by atoms with Crippen LogP contribution in [0.25, 0.3) is 0 Å². The van der Waals surface area contributed by atoms with Crippen molar-refractivity contribution in [2.75, 3.05) is 43.8 Å². The summed E-state index contributed by atoms with van der Waals surface area (Å²) in [6.45, 7) is 0.241. The fraction of sp³-hybridized carbons (Fsp3) is 0.533. The molecule has 1 saturated heterocycles. The van der Waals surface area contributed by atoms with Gasteiger partial charge in [0.25, 0.3) is 5.91 Å². The van der Waals surface area contributed by atoms with Gasteiger partial charge in [-0.05, 0) is 12.1 Å². The maximum absolute atomic E-state index is 12.3. The van der Waals surface area contributed by atoms with Crippen molar-refractivity contribution >= 4 is 29.4 Å². The Balaban J connectivity index is 2.02. The fourth-order valence-electron chi connectivity index (χ4n) is 2.07. The third kappa shape index (κ3) is 4.72. The highest BCUT2D eigenvalue weighted by atomic mass is 32.2. The van der Waals surface area contributed by atoms with E-state index in [1.54, 1.807) is 55.9 Å². The number of hydrogen-bond acceptors (Lipinski definition) is 6. The Bertz CT molecular complexity index is 494. The SMILES string of the molecule is COc1cc(OC)cc(C(=O)NCC2(O)CSCCSC2)c1. The Kier molecular flexibility index (Phi) is 6.28. The van der Waals surface area contributed by atoms with Crippen LogP contribution in [0.5, 0.6) is 11.5 Å². The minimum absolute atomic E-state index is 0.241. The lowest BCUT2D eigenvalue weighted by molar-refractivity contribution is 0.0753. The van der Waals surface area contributed by atoms with Crippen molar-refractivity contribution in [3.05, 3.63) is 23.8 Å². The molecular formula is C15H21NO4S2. The lowest BCUT2D eigenvalue weighted by atomic mass is 10.1. The second-order valence-corrected chi connectivity index (χ2v) is 7.32. The van der Waals surface area contributed by atoms with E-state index in [4.69, 9.17) is 9.47 Å². The molecule has 5 nitrogen and oxygen atoms in total. The normalized spacial score (nSPS) is 17.4. The molecule has 0 unspecified atom stereocenters. The molecule has 1 fully saturated rings. The van der Waals surface area contributed by atoms with Crippen LogP contribution in [0.4, 0.5) is 0 Å². The third-order valence-electron chi connectivity index (χ3n) is 3.31. The smallest absolute Gasteiger partial charge is 0.251 e. The third-order valence-corrected chi connectivity index (χ3v) is 6.03. The van der Waals surface area contributed by atoms with E-state index in [9.17, 15) is 9.90 Å². The topological polar surface area (TPSA) is 67.8 Å². The Labute approximate surface area is 139 Å². The second-order valence-electron chi connectivity index (χ2n) is 5.11. The Morgan fingerprint density at radius 1 is 1.18 bits per heavy atom. The first-order valence-corrected chi connectivity index (χ1v) is 9.26. The minimum Gasteiger partial charge on any atom is -0.497 e. The van der Waals surface area contributed by atoms with Crippen molar-refractivity contribution in [2.45, 2.75) is 5.60 Å². The first-order valence-electron chi connectivity index (χ1n) is 6.95. The van der Waals surface area contributed by atoms with Crippen LogP contribution in [0.1, 0.15) is 10.4 Å². The zero-order valence-electron chi connectivity index (χ0n) is 12.8. The average molecular weight is 343 g/mol. The fourth-order valence-corrected chi connectivity index (χ4v) is 4.60. The number of hydrogen-bond donors (Lipinski definition) is 2. The highest BCUT2D eigenvalue weighted by molar-refractivity contribution is 8.03. The molecule has 1 amide bonds. The minimum atomic E-state index is -0.857. The molecule has 2 N–H and O–H groups in total. The van der Waals surface area contributed by atoms with E-state index in [-0.39, 0.29) is 12.5 Å². The van der Waals surface area contributed by atoms with Gasteiger partial charge in [0.15, 0.2) is 0 Å². The molecule has 0 bridgehead atoms. The molecule has 7 heteroatoms. The van der Waals surface area contributed by atoms with E-state index >= 15 is 0 Å². The van der Waals surface area contributed by atoms with Gasteiger partial charge in [-0.1, -0.05) is 0 Å². The van der Waals surface area contributed by atoms with Crippen molar-refractivity contribution in [1.82, 2.24) is 5.32 Å². The number of rotatable bonds is 5. The predicted molar refractivity (Wildman–Crippen MR) is 91.5 cm³/mol. The van der Waals surface area contributed by atoms with Crippen LogP contribution in [0.3, 0.4) is 0 Å². The van der Waals surface area contributed by atoms with Gasteiger partial charge in [0.2, 0.25) is 0 Å². The zero-order valence-corrected chi connectivity index (χ0v) is 14.4. The number of ether oxygens (including phenoxy) is 2. The van der Waals surface area contributed by atoms with Crippen molar-refractivity contribution in [2.24, 2.45) is 0 Å². The van der Waals surface area contributed by atoms with Gasteiger partial charge in [0, 0.05) is 41.2 Å².